The Bertz CT molecular complexity index is 328. The largest absolute Gasteiger partial charge is 0.327 e. The van der Waals surface area contributed by atoms with Gasteiger partial charge in [0.05, 0.1) is 0 Å². The number of nitrogens with one attached hydrogen (secondary N) is 4. The molecular weight excluding hydrogens is 324 g/mol. The topological polar surface area (TPSA) is 100 Å². The molecule has 0 saturated carbocycles. The zero-order chi connectivity index (χ0) is 20.6. The molecule has 6 nitrogen and oxygen atoms in total. The molecule has 0 amide bonds. The molecule has 0 spiro atoms. The zero-order valence-electron chi connectivity index (χ0n) is 18.9. The van der Waals surface area contributed by atoms with E-state index in [1.54, 1.807) is 0 Å². The molecule has 0 aliphatic rings. The fraction of sp³-hybridized carbons (Fsp3) is 1.00. The van der Waals surface area contributed by atoms with Crippen LogP contribution in [0.15, 0.2) is 0 Å². The van der Waals surface area contributed by atoms with E-state index in [0.29, 0.717) is 48.3 Å². The van der Waals surface area contributed by atoms with Crippen molar-refractivity contribution in [2.75, 3.05) is 0 Å². The summed E-state index contributed by atoms with van der Waals surface area (Å²) in [5, 5.41) is 14.6. The van der Waals surface area contributed by atoms with Gasteiger partial charge in [-0.2, -0.15) is 0 Å². The average Bonchev–Trinajstić information content (AvgIpc) is 2.53. The van der Waals surface area contributed by atoms with Crippen LogP contribution in [0.4, 0.5) is 0 Å². The Morgan fingerprint density at radius 2 is 0.500 bits per heavy atom. The molecule has 10 unspecified atom stereocenters. The van der Waals surface area contributed by atoms with E-state index < -0.39 is 0 Å². The summed E-state index contributed by atoms with van der Waals surface area (Å²) in [7, 11) is 0. The summed E-state index contributed by atoms with van der Waals surface area (Å²) in [5.74, 6) is 0. The molecular formula is C20H48N6. The van der Waals surface area contributed by atoms with Gasteiger partial charge in [-0.05, 0) is 69.2 Å². The molecule has 10 atom stereocenters. The minimum absolute atomic E-state index is 0.149. The van der Waals surface area contributed by atoms with Crippen molar-refractivity contribution in [3.05, 3.63) is 0 Å². The first kappa shape index (κ1) is 25.8. The predicted octanol–water partition coefficient (Wildman–Crippen LogP) is 1.15. The number of hydrogen-bond acceptors (Lipinski definition) is 6. The van der Waals surface area contributed by atoms with Crippen molar-refractivity contribution in [3.8, 4) is 0 Å². The number of nitrogens with two attached hydrogens (primary N) is 2. The van der Waals surface area contributed by atoms with E-state index in [-0.39, 0.29) is 12.1 Å². The smallest absolute Gasteiger partial charge is 0.0193 e. The summed E-state index contributed by atoms with van der Waals surface area (Å²) in [4.78, 5) is 0. The number of rotatable bonds is 13. The van der Waals surface area contributed by atoms with Crippen LogP contribution in [-0.4, -0.2) is 60.4 Å². The van der Waals surface area contributed by atoms with E-state index in [2.05, 4.69) is 76.7 Å². The van der Waals surface area contributed by atoms with E-state index in [9.17, 15) is 0 Å². The van der Waals surface area contributed by atoms with Crippen LogP contribution in [0.25, 0.3) is 0 Å². The van der Waals surface area contributed by atoms with Gasteiger partial charge in [-0.15, -0.1) is 0 Å². The molecule has 0 aromatic rings. The van der Waals surface area contributed by atoms with E-state index in [1.807, 2.05) is 13.8 Å². The summed E-state index contributed by atoms with van der Waals surface area (Å²) in [6, 6.07) is 3.07. The van der Waals surface area contributed by atoms with Gasteiger partial charge in [-0.3, -0.25) is 0 Å². The molecule has 158 valence electrons. The maximum atomic E-state index is 5.96. The third kappa shape index (κ3) is 9.62. The average molecular weight is 373 g/mol. The normalized spacial score (nSPS) is 24.0. The maximum absolute atomic E-state index is 5.96. The molecule has 0 aliphatic heterocycles. The predicted molar refractivity (Wildman–Crippen MR) is 116 cm³/mol. The van der Waals surface area contributed by atoms with Gasteiger partial charge < -0.3 is 32.7 Å². The summed E-state index contributed by atoms with van der Waals surface area (Å²) in [5.41, 5.74) is 11.9. The van der Waals surface area contributed by atoms with E-state index >= 15 is 0 Å². The second kappa shape index (κ2) is 12.3. The fourth-order valence-corrected chi connectivity index (χ4v) is 2.83. The first-order valence-electron chi connectivity index (χ1n) is 10.4. The molecule has 26 heavy (non-hydrogen) atoms. The Labute approximate surface area is 163 Å². The molecule has 0 fully saturated rings. The van der Waals surface area contributed by atoms with Gasteiger partial charge in [0, 0.05) is 60.4 Å². The monoisotopic (exact) mass is 372 g/mol. The van der Waals surface area contributed by atoms with Crippen LogP contribution in [0.3, 0.4) is 0 Å². The highest BCUT2D eigenvalue weighted by Crippen LogP contribution is 2.04. The summed E-state index contributed by atoms with van der Waals surface area (Å²) in [6.07, 6.45) is 0. The lowest BCUT2D eigenvalue weighted by Gasteiger charge is -2.35. The lowest BCUT2D eigenvalue weighted by molar-refractivity contribution is 0.280. The van der Waals surface area contributed by atoms with Crippen molar-refractivity contribution in [3.63, 3.8) is 0 Å². The quantitative estimate of drug-likeness (QED) is 0.290. The van der Waals surface area contributed by atoms with Crippen molar-refractivity contribution in [1.29, 1.82) is 0 Å². The SMILES string of the molecule is CC(N)C(C)NC(C)C(C)NC(C)C(C)NC(C)C(C)NC(C)C(C)N. The third-order valence-electron chi connectivity index (χ3n) is 5.93. The highest BCUT2D eigenvalue weighted by Gasteiger charge is 2.23. The highest BCUT2D eigenvalue weighted by molar-refractivity contribution is 4.88. The van der Waals surface area contributed by atoms with Gasteiger partial charge in [-0.25, -0.2) is 0 Å². The van der Waals surface area contributed by atoms with Crippen LogP contribution in [-0.2, 0) is 0 Å². The molecule has 0 aliphatic carbocycles. The van der Waals surface area contributed by atoms with Crippen LogP contribution in [0.5, 0.6) is 0 Å². The minimum Gasteiger partial charge on any atom is -0.327 e. The number of hydrogen-bond donors (Lipinski definition) is 6. The van der Waals surface area contributed by atoms with Gasteiger partial charge in [0.1, 0.15) is 0 Å². The molecule has 0 saturated heterocycles. The van der Waals surface area contributed by atoms with E-state index in [4.69, 9.17) is 11.5 Å². The molecule has 8 N–H and O–H groups in total. The van der Waals surface area contributed by atoms with Gasteiger partial charge >= 0.3 is 0 Å². The highest BCUT2D eigenvalue weighted by atomic mass is 15.1. The van der Waals surface area contributed by atoms with Crippen molar-refractivity contribution < 1.29 is 0 Å². The van der Waals surface area contributed by atoms with Gasteiger partial charge in [0.15, 0.2) is 0 Å². The molecule has 0 heterocycles. The summed E-state index contributed by atoms with van der Waals surface area (Å²) < 4.78 is 0. The van der Waals surface area contributed by atoms with Crippen molar-refractivity contribution >= 4 is 0 Å². The first-order chi connectivity index (χ1) is 11.9. The van der Waals surface area contributed by atoms with Gasteiger partial charge in [0.25, 0.3) is 0 Å². The Kier molecular flexibility index (Phi) is 12.2. The zero-order valence-corrected chi connectivity index (χ0v) is 18.9. The molecule has 0 aromatic heterocycles. The molecule has 0 bridgehead atoms. The van der Waals surface area contributed by atoms with E-state index in [1.165, 1.54) is 0 Å². The second-order valence-corrected chi connectivity index (χ2v) is 8.69. The Morgan fingerprint density at radius 3 is 0.654 bits per heavy atom. The first-order valence-corrected chi connectivity index (χ1v) is 10.4. The molecule has 0 rings (SSSR count). The van der Waals surface area contributed by atoms with Crippen LogP contribution in [0, 0.1) is 0 Å². The standard InChI is InChI=1S/C20H48N6/c1-11(21)13(3)23-15(5)17(7)25-19(9)20(10)26-18(8)16(6)24-14(4)12(2)22/h11-20,23-26H,21-22H2,1-10H3. The summed E-state index contributed by atoms with van der Waals surface area (Å²) >= 11 is 0. The Morgan fingerprint density at radius 1 is 0.346 bits per heavy atom. The molecule has 0 radical (unpaired) electrons. The minimum atomic E-state index is 0.149. The molecule has 6 heteroatoms. The maximum Gasteiger partial charge on any atom is 0.0193 e. The van der Waals surface area contributed by atoms with Crippen molar-refractivity contribution in [1.82, 2.24) is 21.3 Å². The van der Waals surface area contributed by atoms with Gasteiger partial charge in [0.2, 0.25) is 0 Å². The lowest BCUT2D eigenvalue weighted by atomic mass is 10.0. The van der Waals surface area contributed by atoms with Crippen LogP contribution in [0.1, 0.15) is 69.2 Å². The summed E-state index contributed by atoms with van der Waals surface area (Å²) in [6.45, 7) is 21.7. The Hall–Kier alpha value is -0.240. The lowest BCUT2D eigenvalue weighted by Crippen LogP contribution is -2.59. The second-order valence-electron chi connectivity index (χ2n) is 8.69. The Balaban J connectivity index is 4.42. The van der Waals surface area contributed by atoms with Crippen molar-refractivity contribution in [2.45, 2.75) is 130 Å². The van der Waals surface area contributed by atoms with Crippen LogP contribution >= 0.6 is 0 Å². The fourth-order valence-electron chi connectivity index (χ4n) is 2.83. The van der Waals surface area contributed by atoms with Crippen LogP contribution in [0.2, 0.25) is 0 Å². The van der Waals surface area contributed by atoms with E-state index in [0.717, 1.165) is 0 Å². The van der Waals surface area contributed by atoms with Crippen LogP contribution < -0.4 is 32.7 Å². The molecule has 0 aromatic carbocycles. The third-order valence-corrected chi connectivity index (χ3v) is 5.93. The van der Waals surface area contributed by atoms with Crippen molar-refractivity contribution in [2.24, 2.45) is 11.5 Å². The van der Waals surface area contributed by atoms with Gasteiger partial charge in [-0.1, -0.05) is 0 Å².